The number of hydrogen-bond acceptors (Lipinski definition) is 2. The number of carbonyl (C=O) groups excluding carboxylic acids is 2. The van der Waals surface area contributed by atoms with Crippen LogP contribution in [-0.2, 0) is 28.0 Å². The van der Waals surface area contributed by atoms with Crippen LogP contribution >= 0.6 is 0 Å². The molecular weight excluding hydrogens is 307 g/mol. The summed E-state index contributed by atoms with van der Waals surface area (Å²) < 4.78 is 13.1. The molecule has 0 saturated heterocycles. The van der Waals surface area contributed by atoms with Crippen molar-refractivity contribution in [1.82, 2.24) is 5.32 Å². The Balaban J connectivity index is 1.65. The number of carbonyl (C=O) groups is 2. The summed E-state index contributed by atoms with van der Waals surface area (Å²) in [6, 6.07) is 11.7. The SMILES string of the molecule is CC1(C)C(=O)Nc2ccc(CNC(=O)Cc3cccc(F)c3)cc21. The quantitative estimate of drug-likeness (QED) is 0.907. The third-order valence-corrected chi connectivity index (χ3v) is 4.32. The fraction of sp³-hybridized carbons (Fsp3) is 0.263. The highest BCUT2D eigenvalue weighted by Gasteiger charge is 2.38. The molecule has 0 bridgehead atoms. The van der Waals surface area contributed by atoms with E-state index in [4.69, 9.17) is 0 Å². The zero-order chi connectivity index (χ0) is 17.3. The van der Waals surface area contributed by atoms with Crippen molar-refractivity contribution in [3.8, 4) is 0 Å². The lowest BCUT2D eigenvalue weighted by Gasteiger charge is -2.16. The monoisotopic (exact) mass is 326 g/mol. The number of anilines is 1. The van der Waals surface area contributed by atoms with Crippen molar-refractivity contribution >= 4 is 17.5 Å². The molecule has 0 aromatic heterocycles. The Morgan fingerprint density at radius 1 is 1.17 bits per heavy atom. The summed E-state index contributed by atoms with van der Waals surface area (Å²) in [4.78, 5) is 24.0. The second-order valence-electron chi connectivity index (χ2n) is 6.54. The molecule has 0 radical (unpaired) electrons. The minimum atomic E-state index is -0.573. The first-order valence-electron chi connectivity index (χ1n) is 7.82. The first kappa shape index (κ1) is 16.2. The molecule has 0 saturated carbocycles. The molecule has 2 amide bonds. The maximum absolute atomic E-state index is 13.1. The Morgan fingerprint density at radius 2 is 1.96 bits per heavy atom. The molecule has 3 rings (SSSR count). The minimum Gasteiger partial charge on any atom is -0.352 e. The molecule has 0 unspecified atom stereocenters. The van der Waals surface area contributed by atoms with Crippen molar-refractivity contribution < 1.29 is 14.0 Å². The van der Waals surface area contributed by atoms with Gasteiger partial charge in [0.15, 0.2) is 0 Å². The van der Waals surface area contributed by atoms with Gasteiger partial charge in [-0.1, -0.05) is 24.3 Å². The summed E-state index contributed by atoms with van der Waals surface area (Å²) in [5.41, 5.74) is 2.74. The topological polar surface area (TPSA) is 58.2 Å². The Kier molecular flexibility index (Phi) is 4.09. The predicted octanol–water partition coefficient (Wildman–Crippen LogP) is 2.91. The molecule has 2 aromatic rings. The Labute approximate surface area is 140 Å². The van der Waals surface area contributed by atoms with Crippen LogP contribution in [0.2, 0.25) is 0 Å². The van der Waals surface area contributed by atoms with Crippen LogP contribution in [0.4, 0.5) is 10.1 Å². The second-order valence-corrected chi connectivity index (χ2v) is 6.54. The van der Waals surface area contributed by atoms with Gasteiger partial charge in [0.2, 0.25) is 11.8 Å². The fourth-order valence-corrected chi connectivity index (χ4v) is 2.82. The van der Waals surface area contributed by atoms with Crippen LogP contribution in [0.15, 0.2) is 42.5 Å². The number of benzene rings is 2. The number of nitrogens with one attached hydrogen (secondary N) is 2. The van der Waals surface area contributed by atoms with Gasteiger partial charge in [-0.25, -0.2) is 4.39 Å². The average Bonchev–Trinajstić information content (AvgIpc) is 2.75. The molecule has 2 N–H and O–H groups in total. The number of amides is 2. The smallest absolute Gasteiger partial charge is 0.234 e. The summed E-state index contributed by atoms with van der Waals surface area (Å²) in [5, 5.41) is 5.69. The summed E-state index contributed by atoms with van der Waals surface area (Å²) in [5.74, 6) is -0.544. The highest BCUT2D eigenvalue weighted by atomic mass is 19.1. The van der Waals surface area contributed by atoms with E-state index < -0.39 is 5.41 Å². The molecule has 0 fully saturated rings. The molecule has 2 aromatic carbocycles. The van der Waals surface area contributed by atoms with Crippen LogP contribution in [0, 0.1) is 5.82 Å². The fourth-order valence-electron chi connectivity index (χ4n) is 2.82. The lowest BCUT2D eigenvalue weighted by molar-refractivity contribution is -0.121. The van der Waals surface area contributed by atoms with E-state index in [1.165, 1.54) is 12.1 Å². The van der Waals surface area contributed by atoms with Gasteiger partial charge in [0.1, 0.15) is 5.82 Å². The van der Waals surface area contributed by atoms with Crippen LogP contribution in [0.1, 0.15) is 30.5 Å². The van der Waals surface area contributed by atoms with Gasteiger partial charge in [0.25, 0.3) is 0 Å². The second kappa shape index (κ2) is 6.07. The highest BCUT2D eigenvalue weighted by molar-refractivity contribution is 6.05. The maximum atomic E-state index is 13.1. The molecular formula is C19H19FN2O2. The average molecular weight is 326 g/mol. The summed E-state index contributed by atoms with van der Waals surface area (Å²) in [6.07, 6.45) is 0.133. The molecule has 24 heavy (non-hydrogen) atoms. The van der Waals surface area contributed by atoms with Crippen LogP contribution in [0.3, 0.4) is 0 Å². The first-order chi connectivity index (χ1) is 11.4. The predicted molar refractivity (Wildman–Crippen MR) is 90.0 cm³/mol. The van der Waals surface area contributed by atoms with E-state index in [1.54, 1.807) is 12.1 Å². The molecule has 0 aliphatic carbocycles. The number of halogens is 1. The molecule has 1 aliphatic rings. The van der Waals surface area contributed by atoms with Crippen LogP contribution in [-0.4, -0.2) is 11.8 Å². The molecule has 1 heterocycles. The normalized spacial score (nSPS) is 14.9. The van der Waals surface area contributed by atoms with Gasteiger partial charge < -0.3 is 10.6 Å². The molecule has 0 spiro atoms. The Hall–Kier alpha value is -2.69. The minimum absolute atomic E-state index is 0.0233. The van der Waals surface area contributed by atoms with Crippen molar-refractivity contribution in [3.63, 3.8) is 0 Å². The van der Waals surface area contributed by atoms with Crippen LogP contribution < -0.4 is 10.6 Å². The Bertz CT molecular complexity index is 815. The summed E-state index contributed by atoms with van der Waals surface area (Å²) in [6.45, 7) is 4.12. The van der Waals surface area contributed by atoms with E-state index in [0.717, 1.165) is 16.8 Å². The zero-order valence-electron chi connectivity index (χ0n) is 13.7. The van der Waals surface area contributed by atoms with Gasteiger partial charge in [0, 0.05) is 12.2 Å². The van der Waals surface area contributed by atoms with E-state index in [-0.39, 0.29) is 24.1 Å². The van der Waals surface area contributed by atoms with E-state index in [9.17, 15) is 14.0 Å². The number of hydrogen-bond donors (Lipinski definition) is 2. The van der Waals surface area contributed by atoms with Gasteiger partial charge in [-0.15, -0.1) is 0 Å². The van der Waals surface area contributed by atoms with Crippen molar-refractivity contribution in [1.29, 1.82) is 0 Å². The van der Waals surface area contributed by atoms with Crippen molar-refractivity contribution in [2.75, 3.05) is 5.32 Å². The highest BCUT2D eigenvalue weighted by Crippen LogP contribution is 2.37. The molecule has 5 heteroatoms. The third kappa shape index (κ3) is 3.15. The van der Waals surface area contributed by atoms with Crippen LogP contribution in [0.5, 0.6) is 0 Å². The summed E-state index contributed by atoms with van der Waals surface area (Å²) in [7, 11) is 0. The zero-order valence-corrected chi connectivity index (χ0v) is 13.7. The van der Waals surface area contributed by atoms with E-state index >= 15 is 0 Å². The van der Waals surface area contributed by atoms with E-state index in [0.29, 0.717) is 12.1 Å². The number of fused-ring (bicyclic) bond motifs is 1. The van der Waals surface area contributed by atoms with Crippen molar-refractivity contribution in [2.24, 2.45) is 0 Å². The van der Waals surface area contributed by atoms with Crippen molar-refractivity contribution in [2.45, 2.75) is 32.2 Å². The lowest BCUT2D eigenvalue weighted by atomic mass is 9.85. The van der Waals surface area contributed by atoms with Crippen molar-refractivity contribution in [3.05, 3.63) is 65.0 Å². The molecule has 4 nitrogen and oxygen atoms in total. The van der Waals surface area contributed by atoms with Gasteiger partial charge >= 0.3 is 0 Å². The largest absolute Gasteiger partial charge is 0.352 e. The van der Waals surface area contributed by atoms with Gasteiger partial charge in [-0.2, -0.15) is 0 Å². The molecule has 0 atom stereocenters. The van der Waals surface area contributed by atoms with Gasteiger partial charge in [0.05, 0.1) is 11.8 Å². The summed E-state index contributed by atoms with van der Waals surface area (Å²) >= 11 is 0. The first-order valence-corrected chi connectivity index (χ1v) is 7.82. The van der Waals surface area contributed by atoms with Gasteiger partial charge in [-0.05, 0) is 48.7 Å². The standard InChI is InChI=1S/C19H19FN2O2/c1-19(2)15-9-13(6-7-16(15)22-18(19)24)11-21-17(23)10-12-4-3-5-14(20)8-12/h3-9H,10-11H2,1-2H3,(H,21,23)(H,22,24). The van der Waals surface area contributed by atoms with Crippen LogP contribution in [0.25, 0.3) is 0 Å². The van der Waals surface area contributed by atoms with E-state index in [1.807, 2.05) is 32.0 Å². The Morgan fingerprint density at radius 3 is 2.71 bits per heavy atom. The third-order valence-electron chi connectivity index (χ3n) is 4.32. The lowest BCUT2D eigenvalue weighted by Crippen LogP contribution is -2.27. The maximum Gasteiger partial charge on any atom is 0.234 e. The van der Waals surface area contributed by atoms with Gasteiger partial charge in [-0.3, -0.25) is 9.59 Å². The number of rotatable bonds is 4. The molecule has 124 valence electrons. The van der Waals surface area contributed by atoms with E-state index in [2.05, 4.69) is 10.6 Å². The molecule has 1 aliphatic heterocycles.